The van der Waals surface area contributed by atoms with Gasteiger partial charge in [-0.3, -0.25) is 4.79 Å². The zero-order chi connectivity index (χ0) is 29.4. The highest BCUT2D eigenvalue weighted by atomic mass is 32.1. The number of aryl methyl sites for hydroxylation is 1. The Morgan fingerprint density at radius 3 is 2.64 bits per heavy atom. The quantitative estimate of drug-likeness (QED) is 0.177. The first-order chi connectivity index (χ1) is 20.3. The predicted molar refractivity (Wildman–Crippen MR) is 157 cm³/mol. The molecule has 3 aromatic heterocycles. The number of pyridine rings is 1. The van der Waals surface area contributed by atoms with Gasteiger partial charge in [0.25, 0.3) is 5.91 Å². The second-order valence-electron chi connectivity index (χ2n) is 10.3. The normalized spacial score (nSPS) is 16.7. The molecule has 212 valence electrons. The first kappa shape index (κ1) is 27.5. The minimum atomic E-state index is -0.785. The summed E-state index contributed by atoms with van der Waals surface area (Å²) in [4.78, 5) is 28.0. The van der Waals surface area contributed by atoms with Crippen LogP contribution in [0.3, 0.4) is 0 Å². The number of nitrogens with zero attached hydrogens (tertiary/aromatic N) is 3. The highest BCUT2D eigenvalue weighted by Gasteiger charge is 2.29. The van der Waals surface area contributed by atoms with Crippen molar-refractivity contribution in [3.8, 4) is 22.4 Å². The molecule has 3 heterocycles. The molecule has 0 aliphatic heterocycles. The highest BCUT2D eigenvalue weighted by Crippen LogP contribution is 2.44. The van der Waals surface area contributed by atoms with E-state index in [1.165, 1.54) is 17.5 Å². The summed E-state index contributed by atoms with van der Waals surface area (Å²) < 4.78 is 45.1. The van der Waals surface area contributed by atoms with Gasteiger partial charge in [-0.25, -0.2) is 28.0 Å². The Kier molecular flexibility index (Phi) is 7.39. The molecule has 0 saturated heterocycles. The Hall–Kier alpha value is -4.69. The number of amides is 1. The number of hydrogen-bond acceptors (Lipinski definition) is 5. The van der Waals surface area contributed by atoms with E-state index in [-0.39, 0.29) is 57.2 Å². The summed E-state index contributed by atoms with van der Waals surface area (Å²) in [5, 5.41) is 8.97. The van der Waals surface area contributed by atoms with Crippen LogP contribution in [0.1, 0.15) is 41.2 Å². The van der Waals surface area contributed by atoms with E-state index in [9.17, 15) is 13.6 Å². The fraction of sp³-hybridized carbons (Fsp3) is 0.226. The average molecular weight is 587 g/mol. The number of anilines is 1. The fourth-order valence-corrected chi connectivity index (χ4v) is 6.13. The van der Waals surface area contributed by atoms with Crippen LogP contribution in [0.4, 0.5) is 24.7 Å². The van der Waals surface area contributed by atoms with Crippen molar-refractivity contribution in [3.05, 3.63) is 93.6 Å². The lowest BCUT2D eigenvalue weighted by Crippen LogP contribution is -2.42. The van der Waals surface area contributed by atoms with Crippen LogP contribution >= 0.6 is 11.3 Å². The molecule has 2 atom stereocenters. The van der Waals surface area contributed by atoms with Gasteiger partial charge in [0.15, 0.2) is 11.6 Å². The number of thiazole rings is 1. The Morgan fingerprint density at radius 2 is 1.90 bits per heavy atom. The minimum Gasteiger partial charge on any atom is -0.365 e. The van der Waals surface area contributed by atoms with Gasteiger partial charge < -0.3 is 15.6 Å². The molecule has 3 N–H and O–H groups in total. The van der Waals surface area contributed by atoms with E-state index in [4.69, 9.17) is 6.57 Å². The van der Waals surface area contributed by atoms with E-state index < -0.39 is 17.5 Å². The monoisotopic (exact) mass is 586 g/mol. The van der Waals surface area contributed by atoms with Crippen LogP contribution in [-0.4, -0.2) is 32.9 Å². The topological polar surface area (TPSA) is 87.1 Å². The van der Waals surface area contributed by atoms with Gasteiger partial charge in [0, 0.05) is 46.2 Å². The molecule has 5 aromatic rings. The number of rotatable bonds is 6. The van der Waals surface area contributed by atoms with E-state index in [0.717, 1.165) is 30.0 Å². The molecule has 0 unspecified atom stereocenters. The summed E-state index contributed by atoms with van der Waals surface area (Å²) in [5.41, 5.74) is 1.26. The van der Waals surface area contributed by atoms with Gasteiger partial charge in [-0.1, -0.05) is 30.3 Å². The standard InChI is InChI=1S/C31H25F3N6OS/c1-16-37-24(15-42-16)31(41)39-20-10-6-9-19(13-20)38-30-26(34)25(17-7-4-3-5-8-17)29(35-2)28(40-30)22-14-36-27-21(22)11-18(32)12-23(27)33/h3-5,7-8,11-12,14-15,19-20,36H,6,9-10,13H2,1H3,(H,38,40)(H,39,41)/t19-,20+/m1/s1. The van der Waals surface area contributed by atoms with Crippen LogP contribution in [0.15, 0.2) is 54.0 Å². The van der Waals surface area contributed by atoms with E-state index in [1.54, 1.807) is 35.7 Å². The van der Waals surface area contributed by atoms with Crippen molar-refractivity contribution in [2.45, 2.75) is 44.7 Å². The number of nitrogens with one attached hydrogen (secondary N) is 3. The number of benzene rings is 2. The van der Waals surface area contributed by atoms with Crippen molar-refractivity contribution in [2.24, 2.45) is 0 Å². The van der Waals surface area contributed by atoms with Crippen molar-refractivity contribution < 1.29 is 18.0 Å². The van der Waals surface area contributed by atoms with Gasteiger partial charge >= 0.3 is 0 Å². The number of halogens is 3. The molecule has 1 saturated carbocycles. The van der Waals surface area contributed by atoms with E-state index >= 15 is 4.39 Å². The molecule has 42 heavy (non-hydrogen) atoms. The lowest BCUT2D eigenvalue weighted by atomic mass is 9.90. The summed E-state index contributed by atoms with van der Waals surface area (Å²) in [5.74, 6) is -2.58. The molecule has 2 aromatic carbocycles. The Morgan fingerprint density at radius 1 is 1.12 bits per heavy atom. The third-order valence-electron chi connectivity index (χ3n) is 7.45. The van der Waals surface area contributed by atoms with E-state index in [0.29, 0.717) is 24.1 Å². The summed E-state index contributed by atoms with van der Waals surface area (Å²) in [7, 11) is 0. The fourth-order valence-electron chi connectivity index (χ4n) is 5.54. The number of aromatic nitrogens is 3. The predicted octanol–water partition coefficient (Wildman–Crippen LogP) is 7.78. The van der Waals surface area contributed by atoms with Crippen LogP contribution < -0.4 is 10.6 Å². The summed E-state index contributed by atoms with van der Waals surface area (Å²) in [6, 6.07) is 10.2. The lowest BCUT2D eigenvalue weighted by molar-refractivity contribution is 0.0922. The van der Waals surface area contributed by atoms with Gasteiger partial charge in [0.2, 0.25) is 5.69 Å². The summed E-state index contributed by atoms with van der Waals surface area (Å²) >= 11 is 1.40. The van der Waals surface area contributed by atoms with Gasteiger partial charge in [0.1, 0.15) is 17.3 Å². The molecule has 1 fully saturated rings. The van der Waals surface area contributed by atoms with Crippen molar-refractivity contribution in [2.75, 3.05) is 5.32 Å². The van der Waals surface area contributed by atoms with Crippen LogP contribution in [0, 0.1) is 30.9 Å². The molecular formula is C31H25F3N6OS. The molecule has 7 nitrogen and oxygen atoms in total. The van der Waals surface area contributed by atoms with Crippen molar-refractivity contribution in [1.82, 2.24) is 20.3 Å². The van der Waals surface area contributed by atoms with E-state index in [1.807, 2.05) is 6.92 Å². The summed E-state index contributed by atoms with van der Waals surface area (Å²) in [6.45, 7) is 9.79. The lowest BCUT2D eigenvalue weighted by Gasteiger charge is -2.31. The number of aromatic amines is 1. The zero-order valence-corrected chi connectivity index (χ0v) is 23.3. The molecular weight excluding hydrogens is 561 g/mol. The smallest absolute Gasteiger partial charge is 0.270 e. The molecule has 1 aliphatic rings. The molecule has 0 bridgehead atoms. The number of H-pyrrole nitrogens is 1. The highest BCUT2D eigenvalue weighted by molar-refractivity contribution is 7.09. The molecule has 1 aliphatic carbocycles. The maximum atomic E-state index is 16.3. The Bertz CT molecular complexity index is 1850. The van der Waals surface area contributed by atoms with Crippen LogP contribution in [0.5, 0.6) is 0 Å². The van der Waals surface area contributed by atoms with Crippen molar-refractivity contribution in [1.29, 1.82) is 0 Å². The third-order valence-corrected chi connectivity index (χ3v) is 8.22. The maximum Gasteiger partial charge on any atom is 0.270 e. The van der Waals surface area contributed by atoms with Crippen LogP contribution in [0.25, 0.3) is 38.1 Å². The first-order valence-corrected chi connectivity index (χ1v) is 14.3. The van der Waals surface area contributed by atoms with E-state index in [2.05, 4.69) is 30.4 Å². The van der Waals surface area contributed by atoms with Crippen molar-refractivity contribution >= 4 is 39.7 Å². The first-order valence-electron chi connectivity index (χ1n) is 13.4. The third kappa shape index (κ3) is 5.21. The van der Waals surface area contributed by atoms with Crippen molar-refractivity contribution in [3.63, 3.8) is 0 Å². The van der Waals surface area contributed by atoms with Gasteiger partial charge in [-0.05, 0) is 44.2 Å². The van der Waals surface area contributed by atoms with Crippen LogP contribution in [-0.2, 0) is 0 Å². The second-order valence-corrected chi connectivity index (χ2v) is 11.3. The molecule has 11 heteroatoms. The van der Waals surface area contributed by atoms with Gasteiger partial charge in [0.05, 0.1) is 22.8 Å². The minimum absolute atomic E-state index is 0.0453. The van der Waals surface area contributed by atoms with Crippen LogP contribution in [0.2, 0.25) is 0 Å². The SMILES string of the molecule is [C-]#[N+]c1c(-c2c[nH]c3c(F)cc(F)cc23)nc(N[C@@H]2CCC[C@H](NC(=O)c3csc(C)n3)C2)c(F)c1-c1ccccc1. The van der Waals surface area contributed by atoms with Gasteiger partial charge in [-0.15, -0.1) is 11.3 Å². The maximum absolute atomic E-state index is 16.3. The molecule has 0 radical (unpaired) electrons. The Balaban J connectivity index is 1.39. The zero-order valence-electron chi connectivity index (χ0n) is 22.5. The number of fused-ring (bicyclic) bond motifs is 1. The number of carbonyl (C=O) groups is 1. The summed E-state index contributed by atoms with van der Waals surface area (Å²) in [6.07, 6.45) is 4.26. The molecule has 1 amide bonds. The molecule has 6 rings (SSSR count). The van der Waals surface area contributed by atoms with Gasteiger partial charge in [-0.2, -0.15) is 0 Å². The molecule has 0 spiro atoms. The second kappa shape index (κ2) is 11.3. The largest absolute Gasteiger partial charge is 0.365 e. The average Bonchev–Trinajstić information content (AvgIpc) is 3.61. The Labute approximate surface area is 243 Å². The number of carbonyl (C=O) groups excluding carboxylic acids is 1. The number of hydrogen-bond donors (Lipinski definition) is 3.